The number of hydrogen-bond acceptors (Lipinski definition) is 2. The lowest BCUT2D eigenvalue weighted by Gasteiger charge is -2.22. The van der Waals surface area contributed by atoms with E-state index < -0.39 is 0 Å². The summed E-state index contributed by atoms with van der Waals surface area (Å²) < 4.78 is 0. The Morgan fingerprint density at radius 1 is 1.00 bits per heavy atom. The van der Waals surface area contributed by atoms with Crippen LogP contribution >= 0.6 is 0 Å². The molecule has 17 heavy (non-hydrogen) atoms. The maximum Gasteiger partial charge on any atom is 0.0426 e. The van der Waals surface area contributed by atoms with Gasteiger partial charge in [0.1, 0.15) is 0 Å². The fourth-order valence-electron chi connectivity index (χ4n) is 2.00. The number of benzene rings is 2. The van der Waals surface area contributed by atoms with Crippen LogP contribution in [-0.4, -0.2) is 7.05 Å². The van der Waals surface area contributed by atoms with Crippen LogP contribution in [0.5, 0.6) is 0 Å². The van der Waals surface area contributed by atoms with Crippen molar-refractivity contribution in [3.63, 3.8) is 0 Å². The summed E-state index contributed by atoms with van der Waals surface area (Å²) in [6.07, 6.45) is 0. The third-order valence-electron chi connectivity index (χ3n) is 3.02. The summed E-state index contributed by atoms with van der Waals surface area (Å²) in [5.74, 6) is 0. The third-order valence-corrected chi connectivity index (χ3v) is 3.02. The van der Waals surface area contributed by atoms with E-state index in [4.69, 9.17) is 5.73 Å². The predicted molar refractivity (Wildman–Crippen MR) is 74.1 cm³/mol. The van der Waals surface area contributed by atoms with Crippen LogP contribution < -0.4 is 10.6 Å². The van der Waals surface area contributed by atoms with E-state index in [0.29, 0.717) is 0 Å². The standard InChI is InChI=1S/C15H18N2/c1-12-14(16)9-6-10-15(12)17(2)11-13-7-4-3-5-8-13/h3-10H,11,16H2,1-2H3. The maximum absolute atomic E-state index is 5.93. The first-order chi connectivity index (χ1) is 8.18. The molecule has 2 nitrogen and oxygen atoms in total. The first-order valence-corrected chi connectivity index (χ1v) is 5.78. The van der Waals surface area contributed by atoms with Gasteiger partial charge in [0.25, 0.3) is 0 Å². The molecule has 0 aliphatic heterocycles. The Bertz CT molecular complexity index is 492. The smallest absolute Gasteiger partial charge is 0.0426 e. The molecule has 2 aromatic carbocycles. The molecule has 0 heterocycles. The SMILES string of the molecule is Cc1c(N)cccc1N(C)Cc1ccccc1. The van der Waals surface area contributed by atoms with Crippen molar-refractivity contribution in [2.75, 3.05) is 17.7 Å². The van der Waals surface area contributed by atoms with Gasteiger partial charge in [0.2, 0.25) is 0 Å². The summed E-state index contributed by atoms with van der Waals surface area (Å²) in [4.78, 5) is 2.22. The molecule has 2 heteroatoms. The summed E-state index contributed by atoms with van der Waals surface area (Å²) in [7, 11) is 2.09. The topological polar surface area (TPSA) is 29.3 Å². The van der Waals surface area contributed by atoms with Crippen LogP contribution in [0.1, 0.15) is 11.1 Å². The molecule has 88 valence electrons. The van der Waals surface area contributed by atoms with Crippen molar-refractivity contribution in [2.45, 2.75) is 13.5 Å². The number of rotatable bonds is 3. The highest BCUT2D eigenvalue weighted by molar-refractivity contribution is 5.63. The van der Waals surface area contributed by atoms with Crippen LogP contribution in [0.2, 0.25) is 0 Å². The largest absolute Gasteiger partial charge is 0.398 e. The number of anilines is 2. The Labute approximate surface area is 103 Å². The summed E-state index contributed by atoms with van der Waals surface area (Å²) in [5.41, 5.74) is 10.4. The van der Waals surface area contributed by atoms with Crippen molar-refractivity contribution < 1.29 is 0 Å². The number of hydrogen-bond donors (Lipinski definition) is 1. The molecule has 0 bridgehead atoms. The van der Waals surface area contributed by atoms with Crippen molar-refractivity contribution in [3.05, 3.63) is 59.7 Å². The Kier molecular flexibility index (Phi) is 3.33. The lowest BCUT2D eigenvalue weighted by molar-refractivity contribution is 0.918. The first-order valence-electron chi connectivity index (χ1n) is 5.78. The van der Waals surface area contributed by atoms with Crippen LogP contribution in [0.25, 0.3) is 0 Å². The Morgan fingerprint density at radius 3 is 2.41 bits per heavy atom. The van der Waals surface area contributed by atoms with Crippen LogP contribution in [0.15, 0.2) is 48.5 Å². The minimum atomic E-state index is 0.849. The molecule has 0 amide bonds. The molecule has 0 atom stereocenters. The predicted octanol–water partition coefficient (Wildman–Crippen LogP) is 3.21. The van der Waals surface area contributed by atoms with Crippen molar-refractivity contribution in [1.82, 2.24) is 0 Å². The van der Waals surface area contributed by atoms with Gasteiger partial charge in [-0.2, -0.15) is 0 Å². The Balaban J connectivity index is 2.20. The van der Waals surface area contributed by atoms with E-state index in [9.17, 15) is 0 Å². The Hall–Kier alpha value is -1.96. The fourth-order valence-corrected chi connectivity index (χ4v) is 2.00. The van der Waals surface area contributed by atoms with Gasteiger partial charge in [0.05, 0.1) is 0 Å². The first kappa shape index (κ1) is 11.5. The third kappa shape index (κ3) is 2.59. The zero-order chi connectivity index (χ0) is 12.3. The van der Waals surface area contributed by atoms with Gasteiger partial charge in [0, 0.05) is 25.0 Å². The van der Waals surface area contributed by atoms with Gasteiger partial charge < -0.3 is 10.6 Å². The molecule has 0 saturated carbocycles. The molecule has 0 fully saturated rings. The highest BCUT2D eigenvalue weighted by atomic mass is 15.1. The molecular weight excluding hydrogens is 208 g/mol. The van der Waals surface area contributed by atoms with E-state index in [1.807, 2.05) is 18.2 Å². The summed E-state index contributed by atoms with van der Waals surface area (Å²) >= 11 is 0. The quantitative estimate of drug-likeness (QED) is 0.814. The van der Waals surface area contributed by atoms with E-state index in [1.54, 1.807) is 0 Å². The highest BCUT2D eigenvalue weighted by Gasteiger charge is 2.06. The molecule has 0 aromatic heterocycles. The lowest BCUT2D eigenvalue weighted by atomic mass is 10.1. The molecule has 0 spiro atoms. The van der Waals surface area contributed by atoms with E-state index in [-0.39, 0.29) is 0 Å². The van der Waals surface area contributed by atoms with Crippen LogP contribution in [-0.2, 0) is 6.54 Å². The molecule has 2 aromatic rings. The Morgan fingerprint density at radius 2 is 1.71 bits per heavy atom. The lowest BCUT2D eigenvalue weighted by Crippen LogP contribution is -2.17. The molecule has 2 rings (SSSR count). The maximum atomic E-state index is 5.93. The van der Waals surface area contributed by atoms with Gasteiger partial charge in [-0.3, -0.25) is 0 Å². The van der Waals surface area contributed by atoms with Gasteiger partial charge in [0.15, 0.2) is 0 Å². The average Bonchev–Trinajstić information content (AvgIpc) is 2.34. The summed E-state index contributed by atoms with van der Waals surface area (Å²) in [5, 5.41) is 0. The zero-order valence-corrected chi connectivity index (χ0v) is 10.4. The van der Waals surface area contributed by atoms with Crippen LogP contribution in [0.3, 0.4) is 0 Å². The molecule has 0 aliphatic rings. The molecule has 2 N–H and O–H groups in total. The molecule has 0 aliphatic carbocycles. The normalized spacial score (nSPS) is 10.2. The molecule has 0 radical (unpaired) electrons. The van der Waals surface area contributed by atoms with Crippen molar-refractivity contribution in [3.8, 4) is 0 Å². The minimum absolute atomic E-state index is 0.849. The van der Waals surface area contributed by atoms with Gasteiger partial charge in [-0.05, 0) is 30.2 Å². The van der Waals surface area contributed by atoms with E-state index in [1.165, 1.54) is 11.3 Å². The minimum Gasteiger partial charge on any atom is -0.398 e. The van der Waals surface area contributed by atoms with E-state index in [0.717, 1.165) is 17.8 Å². The van der Waals surface area contributed by atoms with Gasteiger partial charge >= 0.3 is 0 Å². The van der Waals surface area contributed by atoms with Crippen molar-refractivity contribution >= 4 is 11.4 Å². The van der Waals surface area contributed by atoms with Crippen LogP contribution in [0.4, 0.5) is 11.4 Å². The number of nitrogens with zero attached hydrogens (tertiary/aromatic N) is 1. The van der Waals surface area contributed by atoms with Gasteiger partial charge in [-0.25, -0.2) is 0 Å². The highest BCUT2D eigenvalue weighted by Crippen LogP contribution is 2.24. The fraction of sp³-hybridized carbons (Fsp3) is 0.200. The van der Waals surface area contributed by atoms with Gasteiger partial charge in [-0.15, -0.1) is 0 Å². The second-order valence-electron chi connectivity index (χ2n) is 4.33. The van der Waals surface area contributed by atoms with Crippen molar-refractivity contribution in [2.24, 2.45) is 0 Å². The van der Waals surface area contributed by atoms with Gasteiger partial charge in [-0.1, -0.05) is 36.4 Å². The summed E-state index contributed by atoms with van der Waals surface area (Å²) in [6.45, 7) is 2.96. The second-order valence-corrected chi connectivity index (χ2v) is 4.33. The zero-order valence-electron chi connectivity index (χ0n) is 10.4. The second kappa shape index (κ2) is 4.91. The van der Waals surface area contributed by atoms with Crippen molar-refractivity contribution in [1.29, 1.82) is 0 Å². The van der Waals surface area contributed by atoms with E-state index >= 15 is 0 Å². The molecular formula is C15H18N2. The monoisotopic (exact) mass is 226 g/mol. The van der Waals surface area contributed by atoms with Crippen LogP contribution in [0, 0.1) is 6.92 Å². The summed E-state index contributed by atoms with van der Waals surface area (Å²) in [6, 6.07) is 16.5. The molecule has 0 saturated heterocycles. The average molecular weight is 226 g/mol. The number of nitrogens with two attached hydrogens (primary N) is 1. The molecule has 0 unspecified atom stereocenters. The van der Waals surface area contributed by atoms with E-state index in [2.05, 4.69) is 49.2 Å². The number of nitrogen functional groups attached to an aromatic ring is 1.